The van der Waals surface area contributed by atoms with E-state index in [0.29, 0.717) is 0 Å². The first-order chi connectivity index (χ1) is 9.83. The van der Waals surface area contributed by atoms with Gasteiger partial charge in [0.2, 0.25) is 5.76 Å². The van der Waals surface area contributed by atoms with E-state index < -0.39 is 6.29 Å². The van der Waals surface area contributed by atoms with Crippen molar-refractivity contribution in [3.63, 3.8) is 0 Å². The number of carbonyl (C=O) groups is 1. The third kappa shape index (κ3) is 2.56. The van der Waals surface area contributed by atoms with E-state index in [-0.39, 0.29) is 11.7 Å². The molecule has 0 bridgehead atoms. The molecule has 0 aromatic carbocycles. The number of nitrogens with one attached hydrogen (secondary N) is 2. The van der Waals surface area contributed by atoms with E-state index in [1.54, 1.807) is 18.6 Å². The second-order valence-corrected chi connectivity index (χ2v) is 4.00. The molecule has 0 saturated carbocycles. The molecule has 1 amide bonds. The van der Waals surface area contributed by atoms with E-state index in [4.69, 9.17) is 4.42 Å². The van der Waals surface area contributed by atoms with Gasteiger partial charge in [0.25, 0.3) is 5.91 Å². The Morgan fingerprint density at radius 1 is 1.40 bits per heavy atom. The largest absolute Gasteiger partial charge is 0.438 e. The first kappa shape index (κ1) is 12.1. The monoisotopic (exact) mass is 269 g/mol. The first-order valence-electron chi connectivity index (χ1n) is 5.93. The third-order valence-electron chi connectivity index (χ3n) is 2.64. The lowest BCUT2D eigenvalue weighted by Crippen LogP contribution is -2.43. The fraction of sp³-hybridized carbons (Fsp3) is 0.0769. The summed E-state index contributed by atoms with van der Waals surface area (Å²) in [6.45, 7) is 0. The summed E-state index contributed by atoms with van der Waals surface area (Å²) in [7, 11) is 0. The molecule has 2 N–H and O–H groups in total. The summed E-state index contributed by atoms with van der Waals surface area (Å²) in [6.07, 6.45) is 7.12. The van der Waals surface area contributed by atoms with Crippen molar-refractivity contribution < 1.29 is 9.21 Å². The molecule has 2 aromatic rings. The number of oxazole rings is 1. The minimum atomic E-state index is -0.542. The fourth-order valence-corrected chi connectivity index (χ4v) is 1.68. The Labute approximate surface area is 114 Å². The predicted molar refractivity (Wildman–Crippen MR) is 71.6 cm³/mol. The highest BCUT2D eigenvalue weighted by Gasteiger charge is 2.16. The van der Waals surface area contributed by atoms with Crippen LogP contribution in [0.15, 0.2) is 52.6 Å². The molecule has 0 saturated heterocycles. The van der Waals surface area contributed by atoms with Gasteiger partial charge in [0.05, 0.1) is 11.9 Å². The summed E-state index contributed by atoms with van der Waals surface area (Å²) in [6, 6.07) is 5.62. The molecule has 1 unspecified atom stereocenters. The van der Waals surface area contributed by atoms with Crippen LogP contribution in [-0.2, 0) is 0 Å². The number of pyridine rings is 1. The van der Waals surface area contributed by atoms with Crippen LogP contribution in [-0.4, -0.2) is 28.4 Å². The second kappa shape index (κ2) is 5.35. The van der Waals surface area contributed by atoms with Crippen LogP contribution in [0, 0.1) is 0 Å². The van der Waals surface area contributed by atoms with Crippen molar-refractivity contribution in [3.05, 3.63) is 54.6 Å². The molecule has 0 spiro atoms. The lowest BCUT2D eigenvalue weighted by Gasteiger charge is -2.18. The van der Waals surface area contributed by atoms with Crippen LogP contribution < -0.4 is 10.6 Å². The molecule has 7 heteroatoms. The number of hydrogen-bond acceptors (Lipinski definition) is 6. The second-order valence-electron chi connectivity index (χ2n) is 4.00. The molecule has 100 valence electrons. The third-order valence-corrected chi connectivity index (χ3v) is 2.64. The van der Waals surface area contributed by atoms with Crippen LogP contribution in [0.1, 0.15) is 16.2 Å². The number of allylic oxidation sites excluding steroid dienone is 1. The smallest absolute Gasteiger partial charge is 0.291 e. The molecule has 0 fully saturated rings. The van der Waals surface area contributed by atoms with Gasteiger partial charge in [-0.05, 0) is 12.1 Å². The molecule has 20 heavy (non-hydrogen) atoms. The molecule has 2 aromatic heterocycles. The summed E-state index contributed by atoms with van der Waals surface area (Å²) < 4.78 is 4.90. The van der Waals surface area contributed by atoms with Gasteiger partial charge in [-0.25, -0.2) is 9.98 Å². The van der Waals surface area contributed by atoms with E-state index in [1.807, 2.05) is 18.2 Å². The highest BCUT2D eigenvalue weighted by molar-refractivity contribution is 6.09. The van der Waals surface area contributed by atoms with Gasteiger partial charge in [-0.1, -0.05) is 6.07 Å². The van der Waals surface area contributed by atoms with Gasteiger partial charge in [0, 0.05) is 24.2 Å². The molecule has 1 aliphatic rings. The fourth-order valence-electron chi connectivity index (χ4n) is 1.68. The minimum absolute atomic E-state index is 0.140. The van der Waals surface area contributed by atoms with Crippen LogP contribution >= 0.6 is 0 Å². The Hall–Kier alpha value is -2.96. The van der Waals surface area contributed by atoms with Crippen LogP contribution in [0.25, 0.3) is 5.57 Å². The highest BCUT2D eigenvalue weighted by Crippen LogP contribution is 2.10. The molecule has 1 aliphatic heterocycles. The van der Waals surface area contributed by atoms with Gasteiger partial charge in [0.15, 0.2) is 12.7 Å². The Morgan fingerprint density at radius 2 is 2.35 bits per heavy atom. The van der Waals surface area contributed by atoms with Crippen molar-refractivity contribution in [2.24, 2.45) is 4.99 Å². The van der Waals surface area contributed by atoms with Crippen molar-refractivity contribution >= 4 is 17.7 Å². The van der Waals surface area contributed by atoms with E-state index in [0.717, 1.165) is 11.3 Å². The minimum Gasteiger partial charge on any atom is -0.438 e. The maximum atomic E-state index is 11.7. The molecule has 7 nitrogen and oxygen atoms in total. The molecule has 1 atom stereocenters. The van der Waals surface area contributed by atoms with Gasteiger partial charge in [-0.3, -0.25) is 9.78 Å². The normalized spacial score (nSPS) is 17.2. The van der Waals surface area contributed by atoms with E-state index >= 15 is 0 Å². The maximum Gasteiger partial charge on any atom is 0.291 e. The lowest BCUT2D eigenvalue weighted by molar-refractivity contribution is 0.0906. The Bertz CT molecular complexity index is 649. The van der Waals surface area contributed by atoms with Gasteiger partial charge in [-0.15, -0.1) is 0 Å². The van der Waals surface area contributed by atoms with Crippen molar-refractivity contribution in [1.29, 1.82) is 0 Å². The zero-order valence-electron chi connectivity index (χ0n) is 10.4. The van der Waals surface area contributed by atoms with E-state index in [1.165, 1.54) is 12.6 Å². The van der Waals surface area contributed by atoms with E-state index in [9.17, 15) is 4.79 Å². The summed E-state index contributed by atoms with van der Waals surface area (Å²) >= 11 is 0. The van der Waals surface area contributed by atoms with Gasteiger partial charge < -0.3 is 15.1 Å². The Morgan fingerprint density at radius 3 is 3.00 bits per heavy atom. The average Bonchev–Trinajstić information content (AvgIpc) is 3.03. The predicted octanol–water partition coefficient (Wildman–Crippen LogP) is 0.798. The molecule has 0 radical (unpaired) electrons. The van der Waals surface area contributed by atoms with Gasteiger partial charge in [-0.2, -0.15) is 0 Å². The Balaban J connectivity index is 1.63. The standard InChI is InChI=1S/C13H11N5O2/c19-12(11-7-14-8-20-11)18-13-16-5-9(6-17-13)10-3-1-2-4-15-10/h1-8,13,16H,(H,18,19). The van der Waals surface area contributed by atoms with Crippen LogP contribution in [0.3, 0.4) is 0 Å². The first-order valence-corrected chi connectivity index (χ1v) is 5.93. The molecular weight excluding hydrogens is 258 g/mol. The zero-order valence-corrected chi connectivity index (χ0v) is 10.4. The summed E-state index contributed by atoms with van der Waals surface area (Å²) in [4.78, 5) is 23.8. The quantitative estimate of drug-likeness (QED) is 0.859. The van der Waals surface area contributed by atoms with Gasteiger partial charge in [0.1, 0.15) is 0 Å². The van der Waals surface area contributed by atoms with Crippen molar-refractivity contribution in [1.82, 2.24) is 20.6 Å². The maximum absolute atomic E-state index is 11.7. The van der Waals surface area contributed by atoms with Crippen molar-refractivity contribution in [2.75, 3.05) is 0 Å². The topological polar surface area (TPSA) is 92.4 Å². The number of carbonyl (C=O) groups excluding carboxylic acids is 1. The summed E-state index contributed by atoms with van der Waals surface area (Å²) in [5.41, 5.74) is 1.65. The molecule has 3 rings (SSSR count). The number of amides is 1. The van der Waals surface area contributed by atoms with Crippen LogP contribution in [0.5, 0.6) is 0 Å². The molecule has 0 aliphatic carbocycles. The number of hydrogen-bond donors (Lipinski definition) is 2. The zero-order chi connectivity index (χ0) is 13.8. The van der Waals surface area contributed by atoms with Gasteiger partial charge >= 0.3 is 0 Å². The highest BCUT2D eigenvalue weighted by atomic mass is 16.3. The van der Waals surface area contributed by atoms with Crippen LogP contribution in [0.4, 0.5) is 0 Å². The summed E-state index contributed by atoms with van der Waals surface area (Å²) in [5.74, 6) is -0.242. The summed E-state index contributed by atoms with van der Waals surface area (Å²) in [5, 5.41) is 5.61. The number of rotatable bonds is 3. The SMILES string of the molecule is O=C(NC1N=CC(c2ccccn2)=CN1)c1cnco1. The van der Waals surface area contributed by atoms with E-state index in [2.05, 4.69) is 25.6 Å². The van der Waals surface area contributed by atoms with Crippen molar-refractivity contribution in [2.45, 2.75) is 6.29 Å². The number of nitrogens with zero attached hydrogens (tertiary/aromatic N) is 3. The van der Waals surface area contributed by atoms with Crippen LogP contribution in [0.2, 0.25) is 0 Å². The molecular formula is C13H11N5O2. The average molecular weight is 269 g/mol. The number of aliphatic imine (C=N–C) groups is 1. The van der Waals surface area contributed by atoms with Crippen molar-refractivity contribution in [3.8, 4) is 0 Å². The lowest BCUT2D eigenvalue weighted by atomic mass is 10.2. The number of aromatic nitrogens is 2. The Kier molecular flexibility index (Phi) is 3.24. The molecule has 3 heterocycles.